The van der Waals surface area contributed by atoms with Crippen LogP contribution in [0.3, 0.4) is 0 Å². The molecule has 2 aromatic heterocycles. The first-order chi connectivity index (χ1) is 10.6. The van der Waals surface area contributed by atoms with Gasteiger partial charge in [0.15, 0.2) is 0 Å². The highest BCUT2D eigenvalue weighted by molar-refractivity contribution is 6.10. The van der Waals surface area contributed by atoms with Crippen molar-refractivity contribution >= 4 is 22.8 Å². The summed E-state index contributed by atoms with van der Waals surface area (Å²) in [5, 5.41) is 3.67. The Morgan fingerprint density at radius 3 is 2.68 bits per heavy atom. The van der Waals surface area contributed by atoms with Gasteiger partial charge in [-0.25, -0.2) is 9.97 Å². The quantitative estimate of drug-likeness (QED) is 0.943. The van der Waals surface area contributed by atoms with Crippen molar-refractivity contribution in [3.8, 4) is 0 Å². The fourth-order valence-electron chi connectivity index (χ4n) is 2.98. The predicted molar refractivity (Wildman–Crippen MR) is 85.2 cm³/mol. The average Bonchev–Trinajstić information content (AvgIpc) is 2.83. The molecule has 1 N–H and O–H groups in total. The fourth-order valence-corrected chi connectivity index (χ4v) is 2.98. The zero-order valence-corrected chi connectivity index (χ0v) is 13.3. The Labute approximate surface area is 129 Å². The van der Waals surface area contributed by atoms with Crippen molar-refractivity contribution in [3.63, 3.8) is 0 Å². The van der Waals surface area contributed by atoms with Crippen molar-refractivity contribution in [2.45, 2.75) is 46.1 Å². The normalized spacial score (nSPS) is 15.5. The standard InChI is InChI=1S/C16H22N4O2/c1-10(2)19-15(21)12-11(3)22-16-13(12)14(17-9-18-16)20-7-5-4-6-8-20/h9-10H,4-8H2,1-3H3,(H,19,21). The molecule has 0 bridgehead atoms. The molecule has 0 spiro atoms. The van der Waals surface area contributed by atoms with E-state index in [0.29, 0.717) is 17.0 Å². The fraction of sp³-hybridized carbons (Fsp3) is 0.562. The second-order valence-corrected chi connectivity index (χ2v) is 6.09. The van der Waals surface area contributed by atoms with Crippen LogP contribution < -0.4 is 10.2 Å². The first-order valence-electron chi connectivity index (χ1n) is 7.88. The van der Waals surface area contributed by atoms with E-state index in [1.807, 2.05) is 13.8 Å². The molecule has 1 aliphatic rings. The van der Waals surface area contributed by atoms with Crippen molar-refractivity contribution < 1.29 is 9.21 Å². The van der Waals surface area contributed by atoms with Crippen LogP contribution in [0, 0.1) is 6.92 Å². The number of amides is 1. The molecule has 3 heterocycles. The maximum atomic E-state index is 12.5. The molecular weight excluding hydrogens is 280 g/mol. The number of carbonyl (C=O) groups is 1. The van der Waals surface area contributed by atoms with Gasteiger partial charge in [-0.1, -0.05) is 0 Å². The van der Waals surface area contributed by atoms with Gasteiger partial charge in [-0.15, -0.1) is 0 Å². The molecule has 1 saturated heterocycles. The Balaban J connectivity index is 2.11. The summed E-state index contributed by atoms with van der Waals surface area (Å²) in [6, 6.07) is 0.0694. The van der Waals surface area contributed by atoms with Crippen LogP contribution in [0.1, 0.15) is 49.2 Å². The summed E-state index contributed by atoms with van der Waals surface area (Å²) in [5.41, 5.74) is 1.05. The van der Waals surface area contributed by atoms with Gasteiger partial charge in [0.25, 0.3) is 5.91 Å². The highest BCUT2D eigenvalue weighted by atomic mass is 16.3. The lowest BCUT2D eigenvalue weighted by Crippen LogP contribution is -2.32. The smallest absolute Gasteiger partial charge is 0.255 e. The van der Waals surface area contributed by atoms with Crippen molar-refractivity contribution in [1.29, 1.82) is 0 Å². The third kappa shape index (κ3) is 2.65. The molecule has 6 heteroatoms. The lowest BCUT2D eigenvalue weighted by Gasteiger charge is -2.28. The van der Waals surface area contributed by atoms with Crippen molar-refractivity contribution in [2.75, 3.05) is 18.0 Å². The molecule has 2 aromatic rings. The van der Waals surface area contributed by atoms with Crippen LogP contribution in [-0.4, -0.2) is 35.0 Å². The van der Waals surface area contributed by atoms with Gasteiger partial charge in [-0.2, -0.15) is 0 Å². The van der Waals surface area contributed by atoms with E-state index in [1.165, 1.54) is 12.7 Å². The molecule has 0 aromatic carbocycles. The Kier molecular flexibility index (Phi) is 4.00. The zero-order valence-electron chi connectivity index (χ0n) is 13.3. The number of nitrogens with zero attached hydrogens (tertiary/aromatic N) is 3. The second-order valence-electron chi connectivity index (χ2n) is 6.09. The number of rotatable bonds is 3. The third-order valence-corrected chi connectivity index (χ3v) is 3.95. The largest absolute Gasteiger partial charge is 0.442 e. The van der Waals surface area contributed by atoms with E-state index in [0.717, 1.165) is 37.1 Å². The van der Waals surface area contributed by atoms with Gasteiger partial charge in [0.1, 0.15) is 17.9 Å². The molecule has 22 heavy (non-hydrogen) atoms. The Morgan fingerprint density at radius 2 is 2.00 bits per heavy atom. The summed E-state index contributed by atoms with van der Waals surface area (Å²) in [6.45, 7) is 7.61. The first kappa shape index (κ1) is 14.8. The van der Waals surface area contributed by atoms with Crippen LogP contribution in [0.5, 0.6) is 0 Å². The lowest BCUT2D eigenvalue weighted by molar-refractivity contribution is 0.0943. The van der Waals surface area contributed by atoms with Crippen molar-refractivity contribution in [1.82, 2.24) is 15.3 Å². The number of aryl methyl sites for hydroxylation is 1. The van der Waals surface area contributed by atoms with Gasteiger partial charge >= 0.3 is 0 Å². The van der Waals surface area contributed by atoms with Crippen molar-refractivity contribution in [3.05, 3.63) is 17.7 Å². The Bertz CT molecular complexity index is 687. The van der Waals surface area contributed by atoms with Crippen molar-refractivity contribution in [2.24, 2.45) is 0 Å². The molecule has 1 aliphatic heterocycles. The first-order valence-corrected chi connectivity index (χ1v) is 7.88. The molecule has 0 radical (unpaired) electrons. The topological polar surface area (TPSA) is 71.3 Å². The van der Waals surface area contributed by atoms with Gasteiger partial charge in [0.05, 0.1) is 10.9 Å². The number of carbonyl (C=O) groups excluding carboxylic acids is 1. The molecule has 1 fully saturated rings. The van der Waals surface area contributed by atoms with Crippen LogP contribution >= 0.6 is 0 Å². The molecule has 0 saturated carbocycles. The number of anilines is 1. The monoisotopic (exact) mass is 302 g/mol. The summed E-state index contributed by atoms with van der Waals surface area (Å²) in [5.74, 6) is 1.28. The minimum atomic E-state index is -0.126. The minimum absolute atomic E-state index is 0.0694. The van der Waals surface area contributed by atoms with E-state index < -0.39 is 0 Å². The van der Waals surface area contributed by atoms with E-state index >= 15 is 0 Å². The van der Waals surface area contributed by atoms with Gasteiger partial charge < -0.3 is 14.6 Å². The lowest BCUT2D eigenvalue weighted by atomic mass is 10.1. The SMILES string of the molecule is Cc1oc2ncnc(N3CCCCC3)c2c1C(=O)NC(C)C. The number of hydrogen-bond acceptors (Lipinski definition) is 5. The molecular formula is C16H22N4O2. The van der Waals surface area contributed by atoms with Crippen LogP contribution in [0.25, 0.3) is 11.1 Å². The van der Waals surface area contributed by atoms with Gasteiger partial charge in [0, 0.05) is 19.1 Å². The van der Waals surface area contributed by atoms with Crippen LogP contribution in [0.2, 0.25) is 0 Å². The molecule has 3 rings (SSSR count). The van der Waals surface area contributed by atoms with Gasteiger partial charge in [0.2, 0.25) is 5.71 Å². The minimum Gasteiger partial charge on any atom is -0.442 e. The van der Waals surface area contributed by atoms with Crippen LogP contribution in [0.4, 0.5) is 5.82 Å². The van der Waals surface area contributed by atoms with E-state index in [4.69, 9.17) is 4.42 Å². The predicted octanol–water partition coefficient (Wildman–Crippen LogP) is 2.66. The summed E-state index contributed by atoms with van der Waals surface area (Å²) in [6.07, 6.45) is 5.06. The van der Waals surface area contributed by atoms with Crippen LogP contribution in [-0.2, 0) is 0 Å². The molecule has 1 amide bonds. The molecule has 0 aliphatic carbocycles. The molecule has 118 valence electrons. The maximum absolute atomic E-state index is 12.5. The van der Waals surface area contributed by atoms with E-state index in [9.17, 15) is 4.79 Å². The third-order valence-electron chi connectivity index (χ3n) is 3.95. The summed E-state index contributed by atoms with van der Waals surface area (Å²) >= 11 is 0. The van der Waals surface area contributed by atoms with E-state index in [-0.39, 0.29) is 11.9 Å². The number of piperidine rings is 1. The molecule has 0 atom stereocenters. The summed E-state index contributed by atoms with van der Waals surface area (Å²) in [7, 11) is 0. The molecule has 0 unspecified atom stereocenters. The molecule has 6 nitrogen and oxygen atoms in total. The second kappa shape index (κ2) is 5.94. The number of aromatic nitrogens is 2. The Hall–Kier alpha value is -2.11. The zero-order chi connectivity index (χ0) is 15.7. The van der Waals surface area contributed by atoms with Gasteiger partial charge in [-0.05, 0) is 40.0 Å². The van der Waals surface area contributed by atoms with E-state index in [2.05, 4.69) is 20.2 Å². The number of hydrogen-bond donors (Lipinski definition) is 1. The average molecular weight is 302 g/mol. The number of furan rings is 1. The van der Waals surface area contributed by atoms with Gasteiger partial charge in [-0.3, -0.25) is 4.79 Å². The summed E-state index contributed by atoms with van der Waals surface area (Å²) < 4.78 is 5.69. The van der Waals surface area contributed by atoms with Crippen LogP contribution in [0.15, 0.2) is 10.7 Å². The number of nitrogens with one attached hydrogen (secondary N) is 1. The highest BCUT2D eigenvalue weighted by Gasteiger charge is 2.25. The summed E-state index contributed by atoms with van der Waals surface area (Å²) in [4.78, 5) is 23.4. The maximum Gasteiger partial charge on any atom is 0.255 e. The Morgan fingerprint density at radius 1 is 1.27 bits per heavy atom. The van der Waals surface area contributed by atoms with E-state index in [1.54, 1.807) is 6.92 Å². The number of fused-ring (bicyclic) bond motifs is 1. The highest BCUT2D eigenvalue weighted by Crippen LogP contribution is 2.32.